The normalized spacial score (nSPS) is 12.3. The van der Waals surface area contributed by atoms with Gasteiger partial charge in [0.1, 0.15) is 4.88 Å². The molecule has 18 heavy (non-hydrogen) atoms. The first-order valence-corrected chi connectivity index (χ1v) is 6.56. The van der Waals surface area contributed by atoms with Gasteiger partial charge < -0.3 is 9.88 Å². The van der Waals surface area contributed by atoms with Gasteiger partial charge in [-0.1, -0.05) is 11.4 Å². The molecule has 0 unspecified atom stereocenters. The average molecular weight is 265 g/mol. The minimum absolute atomic E-state index is 0.0264. The highest BCUT2D eigenvalue weighted by molar-refractivity contribution is 7.08. The lowest BCUT2D eigenvalue weighted by atomic mass is 10.2. The Balaban J connectivity index is 1.95. The number of imidazole rings is 1. The number of carbonyl (C=O) groups is 1. The van der Waals surface area contributed by atoms with Gasteiger partial charge >= 0.3 is 0 Å². The smallest absolute Gasteiger partial charge is 0.265 e. The van der Waals surface area contributed by atoms with E-state index in [2.05, 4.69) is 19.9 Å². The second-order valence-corrected chi connectivity index (χ2v) is 4.79. The van der Waals surface area contributed by atoms with Crippen LogP contribution in [-0.4, -0.2) is 31.1 Å². The van der Waals surface area contributed by atoms with Crippen molar-refractivity contribution < 1.29 is 4.79 Å². The van der Waals surface area contributed by atoms with Crippen LogP contribution in [0.15, 0.2) is 18.7 Å². The molecule has 6 nitrogen and oxygen atoms in total. The van der Waals surface area contributed by atoms with Crippen LogP contribution in [0.5, 0.6) is 0 Å². The zero-order valence-electron chi connectivity index (χ0n) is 10.3. The monoisotopic (exact) mass is 265 g/mol. The summed E-state index contributed by atoms with van der Waals surface area (Å²) in [6.45, 7) is 4.61. The number of hydrogen-bond acceptors (Lipinski definition) is 5. The highest BCUT2D eigenvalue weighted by Crippen LogP contribution is 2.11. The van der Waals surface area contributed by atoms with Crippen molar-refractivity contribution in [3.8, 4) is 0 Å². The molecule has 0 radical (unpaired) electrons. The van der Waals surface area contributed by atoms with Crippen LogP contribution in [0.4, 0.5) is 0 Å². The fourth-order valence-corrected chi connectivity index (χ4v) is 2.31. The first-order chi connectivity index (χ1) is 8.70. The quantitative estimate of drug-likeness (QED) is 0.879. The molecule has 2 aromatic rings. The van der Waals surface area contributed by atoms with Crippen molar-refractivity contribution in [1.29, 1.82) is 0 Å². The largest absolute Gasteiger partial charge is 0.347 e. The molecule has 0 aliphatic carbocycles. The van der Waals surface area contributed by atoms with Gasteiger partial charge in [0.15, 0.2) is 0 Å². The number of nitrogens with one attached hydrogen (secondary N) is 1. The zero-order valence-corrected chi connectivity index (χ0v) is 11.1. The lowest BCUT2D eigenvalue weighted by Crippen LogP contribution is -2.35. The predicted molar refractivity (Wildman–Crippen MR) is 68.4 cm³/mol. The lowest BCUT2D eigenvalue weighted by molar-refractivity contribution is 0.0939. The predicted octanol–water partition coefficient (Wildman–Crippen LogP) is 1.12. The second-order valence-electron chi connectivity index (χ2n) is 4.04. The van der Waals surface area contributed by atoms with Crippen LogP contribution in [0, 0.1) is 0 Å². The maximum absolute atomic E-state index is 12.0. The Kier molecular flexibility index (Phi) is 4.03. The van der Waals surface area contributed by atoms with E-state index < -0.39 is 0 Å². The highest BCUT2D eigenvalue weighted by Gasteiger charge is 2.16. The summed E-state index contributed by atoms with van der Waals surface area (Å²) in [7, 11) is 0. The third kappa shape index (κ3) is 2.92. The fourth-order valence-electron chi connectivity index (χ4n) is 1.66. The molecular formula is C11H15N5OS. The Morgan fingerprint density at radius 1 is 1.61 bits per heavy atom. The summed E-state index contributed by atoms with van der Waals surface area (Å²) in [6, 6.07) is 0.0264. The standard InChI is InChI=1S/C11H15N5OS/c1-3-9-10(18-15-14-9)11(17)13-8(2)6-16-5-4-12-7-16/h4-5,7-8H,3,6H2,1-2H3,(H,13,17)/t8-/m0/s1. The molecule has 0 saturated carbocycles. The second kappa shape index (κ2) is 5.72. The van der Waals surface area contributed by atoms with Crippen molar-refractivity contribution >= 4 is 17.4 Å². The van der Waals surface area contributed by atoms with E-state index in [-0.39, 0.29) is 11.9 Å². The number of hydrogen-bond donors (Lipinski definition) is 1. The third-order valence-electron chi connectivity index (χ3n) is 2.52. The molecule has 7 heteroatoms. The Labute approximate surface area is 109 Å². The third-order valence-corrected chi connectivity index (χ3v) is 3.29. The maximum atomic E-state index is 12.0. The van der Waals surface area contributed by atoms with Gasteiger partial charge in [0.2, 0.25) is 0 Å². The number of nitrogens with zero attached hydrogens (tertiary/aromatic N) is 4. The number of amides is 1. The van der Waals surface area contributed by atoms with Crippen molar-refractivity contribution in [2.45, 2.75) is 32.9 Å². The summed E-state index contributed by atoms with van der Waals surface area (Å²) in [5.74, 6) is -0.102. The van der Waals surface area contributed by atoms with E-state index in [1.54, 1.807) is 12.5 Å². The summed E-state index contributed by atoms with van der Waals surface area (Å²) < 4.78 is 5.74. The Morgan fingerprint density at radius 2 is 2.44 bits per heavy atom. The van der Waals surface area contributed by atoms with Crippen LogP contribution in [0.2, 0.25) is 0 Å². The van der Waals surface area contributed by atoms with Crippen molar-refractivity contribution in [3.05, 3.63) is 29.3 Å². The van der Waals surface area contributed by atoms with Crippen LogP contribution in [0.25, 0.3) is 0 Å². The first kappa shape index (κ1) is 12.7. The minimum atomic E-state index is -0.102. The van der Waals surface area contributed by atoms with Gasteiger partial charge in [-0.05, 0) is 24.9 Å². The molecule has 96 valence electrons. The molecule has 0 aliphatic heterocycles. The Bertz CT molecular complexity index is 507. The molecule has 0 bridgehead atoms. The van der Waals surface area contributed by atoms with E-state index in [1.165, 1.54) is 0 Å². The number of rotatable bonds is 5. The van der Waals surface area contributed by atoms with Crippen LogP contribution in [0.1, 0.15) is 29.2 Å². The summed E-state index contributed by atoms with van der Waals surface area (Å²) in [5.41, 5.74) is 0.757. The van der Waals surface area contributed by atoms with Gasteiger partial charge in [-0.15, -0.1) is 5.10 Å². The molecule has 1 amide bonds. The molecule has 0 aromatic carbocycles. The molecular weight excluding hydrogens is 250 g/mol. The zero-order chi connectivity index (χ0) is 13.0. The average Bonchev–Trinajstić information content (AvgIpc) is 2.97. The van der Waals surface area contributed by atoms with Crippen LogP contribution >= 0.6 is 11.5 Å². The lowest BCUT2D eigenvalue weighted by Gasteiger charge is -2.13. The Hall–Kier alpha value is -1.76. The van der Waals surface area contributed by atoms with Crippen molar-refractivity contribution in [2.24, 2.45) is 0 Å². The molecule has 0 aliphatic rings. The summed E-state index contributed by atoms with van der Waals surface area (Å²) in [4.78, 5) is 16.6. The van der Waals surface area contributed by atoms with Gasteiger partial charge in [0, 0.05) is 25.0 Å². The van der Waals surface area contributed by atoms with Gasteiger partial charge in [0.25, 0.3) is 5.91 Å². The summed E-state index contributed by atoms with van der Waals surface area (Å²) in [5, 5.41) is 6.87. The number of carbonyl (C=O) groups excluding carboxylic acids is 1. The number of aryl methyl sites for hydroxylation is 1. The molecule has 1 atom stereocenters. The van der Waals surface area contributed by atoms with E-state index in [9.17, 15) is 4.79 Å². The Morgan fingerprint density at radius 3 is 3.11 bits per heavy atom. The molecule has 0 spiro atoms. The minimum Gasteiger partial charge on any atom is -0.347 e. The van der Waals surface area contributed by atoms with E-state index in [0.29, 0.717) is 11.4 Å². The SMILES string of the molecule is CCc1nnsc1C(=O)N[C@@H](C)Cn1ccnc1. The molecule has 2 heterocycles. The van der Waals surface area contributed by atoms with Crippen molar-refractivity contribution in [1.82, 2.24) is 24.5 Å². The molecule has 0 saturated heterocycles. The van der Waals surface area contributed by atoms with E-state index >= 15 is 0 Å². The molecule has 1 N–H and O–H groups in total. The maximum Gasteiger partial charge on any atom is 0.265 e. The molecule has 0 fully saturated rings. The summed E-state index contributed by atoms with van der Waals surface area (Å²) >= 11 is 1.14. The van der Waals surface area contributed by atoms with Crippen molar-refractivity contribution in [3.63, 3.8) is 0 Å². The van der Waals surface area contributed by atoms with Crippen LogP contribution in [-0.2, 0) is 13.0 Å². The van der Waals surface area contributed by atoms with E-state index in [0.717, 1.165) is 23.6 Å². The van der Waals surface area contributed by atoms with Gasteiger partial charge in [0.05, 0.1) is 12.0 Å². The van der Waals surface area contributed by atoms with Gasteiger partial charge in [-0.25, -0.2) is 4.98 Å². The molecule has 2 aromatic heterocycles. The summed E-state index contributed by atoms with van der Waals surface area (Å²) in [6.07, 6.45) is 6.04. The first-order valence-electron chi connectivity index (χ1n) is 5.78. The van der Waals surface area contributed by atoms with Gasteiger partial charge in [-0.3, -0.25) is 4.79 Å². The van der Waals surface area contributed by atoms with E-state index in [4.69, 9.17) is 0 Å². The van der Waals surface area contributed by atoms with Crippen LogP contribution in [0.3, 0.4) is 0 Å². The molecule has 2 rings (SSSR count). The topological polar surface area (TPSA) is 72.7 Å². The fraction of sp³-hybridized carbons (Fsp3) is 0.455. The van der Waals surface area contributed by atoms with Gasteiger partial charge in [-0.2, -0.15) is 0 Å². The van der Waals surface area contributed by atoms with Crippen molar-refractivity contribution in [2.75, 3.05) is 0 Å². The highest BCUT2D eigenvalue weighted by atomic mass is 32.1. The van der Waals surface area contributed by atoms with E-state index in [1.807, 2.05) is 24.6 Å². The van der Waals surface area contributed by atoms with Crippen LogP contribution < -0.4 is 5.32 Å². The number of aromatic nitrogens is 4.